The van der Waals surface area contributed by atoms with Gasteiger partial charge in [-0.1, -0.05) is 45.3 Å². The fourth-order valence-corrected chi connectivity index (χ4v) is 4.82. The summed E-state index contributed by atoms with van der Waals surface area (Å²) >= 11 is 0. The molecule has 30 heavy (non-hydrogen) atoms. The Hall–Kier alpha value is -1.81. The molecule has 4 heteroatoms. The highest BCUT2D eigenvalue weighted by Gasteiger charge is 2.45. The van der Waals surface area contributed by atoms with Crippen LogP contribution >= 0.6 is 0 Å². The van der Waals surface area contributed by atoms with Crippen LogP contribution in [0.15, 0.2) is 23.8 Å². The zero-order valence-electron chi connectivity index (χ0n) is 19.6. The standard InChI is InChI=1S/C26H39NO3/c1-7-8-9-10-18-14-21(29-25(28)24(27)16(2)3)23-19-13-17(4)11-12-20(19)26(5,6)30-22(23)15-18/h13-16,19-20,24H,7-12,27H2,1-6H3/t19-,20-,24+/m1/s1. The molecule has 0 bridgehead atoms. The van der Waals surface area contributed by atoms with Gasteiger partial charge in [0, 0.05) is 17.4 Å². The van der Waals surface area contributed by atoms with Crippen LogP contribution in [0.3, 0.4) is 0 Å². The third-order valence-corrected chi connectivity index (χ3v) is 6.78. The molecule has 1 aliphatic carbocycles. The van der Waals surface area contributed by atoms with Crippen LogP contribution in [0.1, 0.15) is 90.7 Å². The first kappa shape index (κ1) is 22.9. The van der Waals surface area contributed by atoms with E-state index < -0.39 is 6.04 Å². The summed E-state index contributed by atoms with van der Waals surface area (Å²) in [5, 5.41) is 0. The van der Waals surface area contributed by atoms with E-state index in [1.807, 2.05) is 13.8 Å². The number of carbonyl (C=O) groups excluding carboxylic acids is 1. The van der Waals surface area contributed by atoms with E-state index in [-0.39, 0.29) is 23.4 Å². The fourth-order valence-electron chi connectivity index (χ4n) is 4.82. The number of unbranched alkanes of at least 4 members (excludes halogenated alkanes) is 2. The number of aryl methyl sites for hydroxylation is 1. The molecule has 2 aliphatic rings. The summed E-state index contributed by atoms with van der Waals surface area (Å²) in [4.78, 5) is 12.8. The van der Waals surface area contributed by atoms with Crippen molar-refractivity contribution < 1.29 is 14.3 Å². The minimum Gasteiger partial charge on any atom is -0.487 e. The van der Waals surface area contributed by atoms with Crippen molar-refractivity contribution in [2.45, 2.75) is 97.6 Å². The van der Waals surface area contributed by atoms with Gasteiger partial charge in [0.1, 0.15) is 23.1 Å². The zero-order chi connectivity index (χ0) is 22.1. The maximum atomic E-state index is 12.8. The van der Waals surface area contributed by atoms with Gasteiger partial charge in [0.25, 0.3) is 0 Å². The van der Waals surface area contributed by atoms with Crippen LogP contribution in [-0.4, -0.2) is 17.6 Å². The van der Waals surface area contributed by atoms with Gasteiger partial charge in [-0.25, -0.2) is 4.79 Å². The normalized spacial score (nSPS) is 23.1. The summed E-state index contributed by atoms with van der Waals surface area (Å²) in [7, 11) is 0. The van der Waals surface area contributed by atoms with Crippen molar-refractivity contribution in [2.75, 3.05) is 0 Å². The van der Waals surface area contributed by atoms with Gasteiger partial charge in [0.05, 0.1) is 0 Å². The van der Waals surface area contributed by atoms with Gasteiger partial charge in [-0.15, -0.1) is 0 Å². The van der Waals surface area contributed by atoms with E-state index >= 15 is 0 Å². The molecule has 0 fully saturated rings. The second kappa shape index (κ2) is 9.13. The molecule has 0 unspecified atom stereocenters. The van der Waals surface area contributed by atoms with Crippen molar-refractivity contribution in [3.63, 3.8) is 0 Å². The number of nitrogens with two attached hydrogens (primary N) is 1. The van der Waals surface area contributed by atoms with Crippen LogP contribution in [0, 0.1) is 11.8 Å². The Morgan fingerprint density at radius 2 is 2.03 bits per heavy atom. The Labute approximate surface area is 182 Å². The SMILES string of the molecule is CCCCCc1cc(OC(=O)[C@@H](N)C(C)C)c2c(c1)OC(C)(C)[C@@H]1CCC(C)=C[C@@H]21. The number of rotatable bonds is 7. The predicted molar refractivity (Wildman–Crippen MR) is 122 cm³/mol. The number of hydrogen-bond acceptors (Lipinski definition) is 4. The topological polar surface area (TPSA) is 61.5 Å². The molecule has 1 aromatic carbocycles. The van der Waals surface area contributed by atoms with Crippen LogP contribution < -0.4 is 15.2 Å². The smallest absolute Gasteiger partial charge is 0.328 e. The van der Waals surface area contributed by atoms with E-state index in [1.165, 1.54) is 18.4 Å². The number of fused-ring (bicyclic) bond motifs is 3. The van der Waals surface area contributed by atoms with E-state index in [1.54, 1.807) is 0 Å². The van der Waals surface area contributed by atoms with Crippen molar-refractivity contribution in [3.05, 3.63) is 34.9 Å². The summed E-state index contributed by atoms with van der Waals surface area (Å²) in [6.45, 7) is 12.7. The Balaban J connectivity index is 2.06. The molecule has 0 spiro atoms. The second-order valence-corrected chi connectivity index (χ2v) is 10.0. The summed E-state index contributed by atoms with van der Waals surface area (Å²) in [5.74, 6) is 1.71. The molecule has 3 rings (SSSR count). The largest absolute Gasteiger partial charge is 0.487 e. The predicted octanol–water partition coefficient (Wildman–Crippen LogP) is 5.92. The van der Waals surface area contributed by atoms with Crippen molar-refractivity contribution in [1.82, 2.24) is 0 Å². The maximum absolute atomic E-state index is 12.8. The van der Waals surface area contributed by atoms with Gasteiger partial charge in [-0.3, -0.25) is 0 Å². The number of ether oxygens (including phenoxy) is 2. The van der Waals surface area contributed by atoms with Crippen LogP contribution in [0.2, 0.25) is 0 Å². The molecule has 0 radical (unpaired) electrons. The molecule has 1 heterocycles. The monoisotopic (exact) mass is 413 g/mol. The number of allylic oxidation sites excluding steroid dienone is 2. The number of esters is 1. The van der Waals surface area contributed by atoms with Gasteiger partial charge in [-0.2, -0.15) is 0 Å². The van der Waals surface area contributed by atoms with Crippen LogP contribution in [0.5, 0.6) is 11.5 Å². The van der Waals surface area contributed by atoms with Crippen molar-refractivity contribution >= 4 is 5.97 Å². The highest BCUT2D eigenvalue weighted by Crippen LogP contribution is 2.53. The van der Waals surface area contributed by atoms with Gasteiger partial charge < -0.3 is 15.2 Å². The fraction of sp³-hybridized carbons (Fsp3) is 0.654. The number of benzene rings is 1. The molecule has 0 saturated carbocycles. The number of carbonyl (C=O) groups is 1. The average Bonchev–Trinajstić information content (AvgIpc) is 2.66. The summed E-state index contributed by atoms with van der Waals surface area (Å²) in [6.07, 6.45) is 8.95. The Bertz CT molecular complexity index is 809. The summed E-state index contributed by atoms with van der Waals surface area (Å²) in [5.41, 5.74) is 9.41. The van der Waals surface area contributed by atoms with Crippen molar-refractivity contribution in [1.29, 1.82) is 0 Å². The number of hydrogen-bond donors (Lipinski definition) is 1. The minimum atomic E-state index is -0.634. The highest BCUT2D eigenvalue weighted by atomic mass is 16.5. The van der Waals surface area contributed by atoms with E-state index in [2.05, 4.69) is 45.9 Å². The first-order valence-electron chi connectivity index (χ1n) is 11.6. The minimum absolute atomic E-state index is 0.0285. The molecule has 1 aromatic rings. The highest BCUT2D eigenvalue weighted by molar-refractivity contribution is 5.79. The third kappa shape index (κ3) is 4.74. The van der Waals surface area contributed by atoms with Gasteiger partial charge in [0.15, 0.2) is 0 Å². The Morgan fingerprint density at radius 3 is 2.70 bits per heavy atom. The van der Waals surface area contributed by atoms with Gasteiger partial charge >= 0.3 is 5.97 Å². The lowest BCUT2D eigenvalue weighted by atomic mass is 9.68. The molecule has 166 valence electrons. The van der Waals surface area contributed by atoms with Crippen LogP contribution in [0.25, 0.3) is 0 Å². The lowest BCUT2D eigenvalue weighted by Crippen LogP contribution is -2.45. The van der Waals surface area contributed by atoms with Crippen molar-refractivity contribution in [2.24, 2.45) is 17.6 Å². The first-order chi connectivity index (χ1) is 14.1. The van der Waals surface area contributed by atoms with E-state index in [0.29, 0.717) is 11.7 Å². The molecular formula is C26H39NO3. The summed E-state index contributed by atoms with van der Waals surface area (Å²) in [6, 6.07) is 3.58. The van der Waals surface area contributed by atoms with Gasteiger partial charge in [0.2, 0.25) is 0 Å². The molecular weight excluding hydrogens is 374 g/mol. The van der Waals surface area contributed by atoms with E-state index in [4.69, 9.17) is 15.2 Å². The molecule has 0 amide bonds. The van der Waals surface area contributed by atoms with Crippen LogP contribution in [-0.2, 0) is 11.2 Å². The first-order valence-corrected chi connectivity index (χ1v) is 11.6. The van der Waals surface area contributed by atoms with Gasteiger partial charge in [-0.05, 0) is 70.1 Å². The lowest BCUT2D eigenvalue weighted by Gasteiger charge is -2.46. The maximum Gasteiger partial charge on any atom is 0.328 e. The van der Waals surface area contributed by atoms with E-state index in [9.17, 15) is 4.79 Å². The second-order valence-electron chi connectivity index (χ2n) is 10.0. The molecule has 0 aromatic heterocycles. The molecule has 4 nitrogen and oxygen atoms in total. The lowest BCUT2D eigenvalue weighted by molar-refractivity contribution is -0.136. The molecule has 1 aliphatic heterocycles. The molecule has 3 atom stereocenters. The quantitative estimate of drug-likeness (QED) is 0.261. The summed E-state index contributed by atoms with van der Waals surface area (Å²) < 4.78 is 12.5. The average molecular weight is 414 g/mol. The Kier molecular flexibility index (Phi) is 6.96. The van der Waals surface area contributed by atoms with E-state index in [0.717, 1.165) is 42.6 Å². The zero-order valence-corrected chi connectivity index (χ0v) is 19.6. The molecule has 0 saturated heterocycles. The molecule has 2 N–H and O–H groups in total. The third-order valence-electron chi connectivity index (χ3n) is 6.78. The van der Waals surface area contributed by atoms with Crippen molar-refractivity contribution in [3.8, 4) is 11.5 Å². The van der Waals surface area contributed by atoms with Crippen LogP contribution in [0.4, 0.5) is 0 Å². The Morgan fingerprint density at radius 1 is 1.30 bits per heavy atom.